The lowest BCUT2D eigenvalue weighted by molar-refractivity contribution is 0.205. The van der Waals surface area contributed by atoms with E-state index in [1.54, 1.807) is 4.91 Å². The number of nitrogens with two attached hydrogens (primary N) is 1. The maximum Gasteiger partial charge on any atom is 0.402 e. The van der Waals surface area contributed by atoms with Crippen molar-refractivity contribution in [1.82, 2.24) is 0 Å². The molecule has 3 N–H and O–H groups in total. The predicted molar refractivity (Wildman–Crippen MR) is 59.8 cm³/mol. The molecule has 1 amide bonds. The number of carboxylic acid groups (broad SMARTS) is 1. The van der Waals surface area contributed by atoms with Gasteiger partial charge in [0.15, 0.2) is 0 Å². The minimum Gasteiger partial charge on any atom is -0.465 e. The van der Waals surface area contributed by atoms with Crippen LogP contribution in [0.2, 0.25) is 0 Å². The van der Waals surface area contributed by atoms with E-state index in [2.05, 4.69) is 25.7 Å². The first-order valence-electron chi connectivity index (χ1n) is 4.12. The van der Waals surface area contributed by atoms with Crippen LogP contribution in [0.5, 0.6) is 0 Å². The highest BCUT2D eigenvalue weighted by Crippen LogP contribution is 2.44. The molecule has 1 aliphatic heterocycles. The molecule has 0 spiro atoms. The van der Waals surface area contributed by atoms with Gasteiger partial charge >= 0.3 is 6.09 Å². The van der Waals surface area contributed by atoms with Gasteiger partial charge in [0, 0.05) is 5.25 Å². The fraction of sp³-hybridized carbons (Fsp3) is 0.625. The molecule has 0 aromatic carbocycles. The van der Waals surface area contributed by atoms with Gasteiger partial charge in [-0.25, -0.2) is 4.79 Å². The van der Waals surface area contributed by atoms with Crippen molar-refractivity contribution >= 4 is 27.7 Å². The van der Waals surface area contributed by atoms with Crippen LogP contribution >= 0.6 is 21.6 Å². The zero-order valence-electron chi connectivity index (χ0n) is 7.82. The van der Waals surface area contributed by atoms with E-state index in [1.165, 1.54) is 12.8 Å². The fourth-order valence-electron chi connectivity index (χ4n) is 0.749. The van der Waals surface area contributed by atoms with E-state index in [-0.39, 0.29) is 0 Å². The Morgan fingerprint density at radius 3 is 2.46 bits per heavy atom. The molecule has 13 heavy (non-hydrogen) atoms. The van der Waals surface area contributed by atoms with Crippen LogP contribution in [0.3, 0.4) is 0 Å². The minimum atomic E-state index is -1.33. The van der Waals surface area contributed by atoms with Gasteiger partial charge in [0.25, 0.3) is 0 Å². The monoisotopic (exact) mass is 221 g/mol. The third kappa shape index (κ3) is 6.83. The number of rotatable bonds is 2. The highest BCUT2D eigenvalue weighted by atomic mass is 33.1. The Bertz CT molecular complexity index is 191. The lowest BCUT2D eigenvalue weighted by Crippen LogP contribution is -2.03. The maximum absolute atomic E-state index is 8.78. The van der Waals surface area contributed by atoms with Crippen LogP contribution in [0.1, 0.15) is 26.7 Å². The lowest BCUT2D eigenvalue weighted by Gasteiger charge is -1.96. The van der Waals surface area contributed by atoms with Gasteiger partial charge in [0.2, 0.25) is 0 Å². The number of hydrogen-bond acceptors (Lipinski definition) is 3. The summed E-state index contributed by atoms with van der Waals surface area (Å²) in [6, 6.07) is 0. The molecule has 0 bridgehead atoms. The van der Waals surface area contributed by atoms with Crippen molar-refractivity contribution in [3.05, 3.63) is 11.0 Å². The molecule has 1 atom stereocenters. The smallest absolute Gasteiger partial charge is 0.402 e. The number of amides is 1. The van der Waals surface area contributed by atoms with Gasteiger partial charge in [-0.15, -0.1) is 0 Å². The first-order chi connectivity index (χ1) is 6.10. The van der Waals surface area contributed by atoms with Crippen molar-refractivity contribution in [2.24, 2.45) is 5.73 Å². The Balaban J connectivity index is 0.000000310. The van der Waals surface area contributed by atoms with Crippen molar-refractivity contribution in [3.63, 3.8) is 0 Å². The van der Waals surface area contributed by atoms with E-state index >= 15 is 0 Å². The summed E-state index contributed by atoms with van der Waals surface area (Å²) in [4.78, 5) is 10.3. The molecule has 5 heteroatoms. The molecule has 1 heterocycles. The molecule has 0 radical (unpaired) electrons. The zero-order valence-corrected chi connectivity index (χ0v) is 9.45. The second kappa shape index (κ2) is 7.15. The zero-order chi connectivity index (χ0) is 10.3. The number of allylic oxidation sites excluding steroid dienone is 1. The molecule has 0 aliphatic carbocycles. The Labute approximate surface area is 86.5 Å². The van der Waals surface area contributed by atoms with Gasteiger partial charge in [-0.05, 0) is 17.7 Å². The van der Waals surface area contributed by atoms with Gasteiger partial charge in [-0.3, -0.25) is 0 Å². The molecule has 0 saturated carbocycles. The first kappa shape index (κ1) is 12.7. The van der Waals surface area contributed by atoms with Crippen LogP contribution in [-0.2, 0) is 0 Å². The minimum absolute atomic E-state index is 0.796. The summed E-state index contributed by atoms with van der Waals surface area (Å²) in [5.74, 6) is 0. The molecule has 1 unspecified atom stereocenters. The molecular formula is C8H15NO2S2. The molecule has 76 valence electrons. The van der Waals surface area contributed by atoms with E-state index in [0.29, 0.717) is 0 Å². The van der Waals surface area contributed by atoms with E-state index in [9.17, 15) is 0 Å². The summed E-state index contributed by atoms with van der Waals surface area (Å²) in [5.41, 5.74) is 4.03. The molecule has 1 rings (SSSR count). The normalized spacial score (nSPS) is 20.2. The molecule has 0 aromatic heterocycles. The molecule has 0 fully saturated rings. The standard InChI is InChI=1S/C7H12S2.CH3NO2/c1-3-6-5-7(4-2)9-8-6;2-1(3)4/h5-6H,3-4H2,1-2H3;2H2,(H,3,4). The van der Waals surface area contributed by atoms with Gasteiger partial charge in [-0.2, -0.15) is 0 Å². The van der Waals surface area contributed by atoms with Crippen LogP contribution < -0.4 is 5.73 Å². The molecule has 0 saturated heterocycles. The lowest BCUT2D eigenvalue weighted by atomic mass is 10.3. The average molecular weight is 221 g/mol. The first-order valence-corrected chi connectivity index (χ1v) is 6.33. The van der Waals surface area contributed by atoms with Gasteiger partial charge in [0.05, 0.1) is 0 Å². The van der Waals surface area contributed by atoms with Crippen molar-refractivity contribution in [1.29, 1.82) is 0 Å². The highest BCUT2D eigenvalue weighted by molar-refractivity contribution is 8.78. The quantitative estimate of drug-likeness (QED) is 0.703. The number of primary amides is 1. The topological polar surface area (TPSA) is 63.3 Å². The Morgan fingerprint density at radius 2 is 2.23 bits per heavy atom. The van der Waals surface area contributed by atoms with Crippen LogP contribution in [0, 0.1) is 0 Å². The van der Waals surface area contributed by atoms with Gasteiger partial charge < -0.3 is 10.8 Å². The third-order valence-corrected chi connectivity index (χ3v) is 4.53. The Morgan fingerprint density at radius 1 is 1.69 bits per heavy atom. The second-order valence-electron chi connectivity index (χ2n) is 2.45. The summed E-state index contributed by atoms with van der Waals surface area (Å²) in [6.07, 6.45) is 3.56. The van der Waals surface area contributed by atoms with Crippen LogP contribution in [0.25, 0.3) is 0 Å². The summed E-state index contributed by atoms with van der Waals surface area (Å²) in [6.45, 7) is 4.46. The van der Waals surface area contributed by atoms with Crippen molar-refractivity contribution < 1.29 is 9.90 Å². The van der Waals surface area contributed by atoms with Crippen LogP contribution in [-0.4, -0.2) is 16.4 Å². The van der Waals surface area contributed by atoms with E-state index in [4.69, 9.17) is 9.90 Å². The van der Waals surface area contributed by atoms with Crippen molar-refractivity contribution in [2.45, 2.75) is 31.9 Å². The van der Waals surface area contributed by atoms with Crippen molar-refractivity contribution in [3.8, 4) is 0 Å². The number of carbonyl (C=O) groups is 1. The average Bonchev–Trinajstić information content (AvgIpc) is 2.50. The van der Waals surface area contributed by atoms with E-state index in [1.807, 2.05) is 21.6 Å². The highest BCUT2D eigenvalue weighted by Gasteiger charge is 2.13. The molecule has 1 aliphatic rings. The summed E-state index contributed by atoms with van der Waals surface area (Å²) < 4.78 is 0. The SMILES string of the molecule is CCC1=CC(CC)SS1.NC(=O)O. The van der Waals surface area contributed by atoms with E-state index < -0.39 is 6.09 Å². The number of hydrogen-bond donors (Lipinski definition) is 2. The second-order valence-corrected chi connectivity index (χ2v) is 5.02. The third-order valence-electron chi connectivity index (χ3n) is 1.40. The van der Waals surface area contributed by atoms with Gasteiger partial charge in [-0.1, -0.05) is 41.5 Å². The van der Waals surface area contributed by atoms with Gasteiger partial charge in [0.1, 0.15) is 0 Å². The predicted octanol–water partition coefficient (Wildman–Crippen LogP) is 3.08. The molecule has 3 nitrogen and oxygen atoms in total. The Hall–Kier alpha value is -0.290. The van der Waals surface area contributed by atoms with Crippen LogP contribution in [0.4, 0.5) is 4.79 Å². The summed E-state index contributed by atoms with van der Waals surface area (Å²) >= 11 is 0. The van der Waals surface area contributed by atoms with Crippen molar-refractivity contribution in [2.75, 3.05) is 0 Å². The van der Waals surface area contributed by atoms with Crippen LogP contribution in [0.15, 0.2) is 11.0 Å². The summed E-state index contributed by atoms with van der Waals surface area (Å²) in [7, 11) is 3.95. The molecule has 0 aromatic rings. The fourth-order valence-corrected chi connectivity index (χ4v) is 3.61. The Kier molecular flexibility index (Phi) is 6.99. The molecular weight excluding hydrogens is 206 g/mol. The summed E-state index contributed by atoms with van der Waals surface area (Å²) in [5, 5.41) is 7.99. The van der Waals surface area contributed by atoms with E-state index in [0.717, 1.165) is 5.25 Å². The maximum atomic E-state index is 8.78. The largest absolute Gasteiger partial charge is 0.465 e.